The van der Waals surface area contributed by atoms with Crippen LogP contribution >= 0.6 is 15.8 Å². The quantitative estimate of drug-likeness (QED) is 0.500. The first-order valence-corrected chi connectivity index (χ1v) is 11.5. The summed E-state index contributed by atoms with van der Waals surface area (Å²) in [4.78, 5) is 0. The Bertz CT molecular complexity index is 242. The predicted octanol–water partition coefficient (Wildman–Crippen LogP) is 6.32. The molecule has 2 heteroatoms. The van der Waals surface area contributed by atoms with Crippen molar-refractivity contribution in [2.24, 2.45) is 0 Å². The second-order valence-electron chi connectivity index (χ2n) is 6.60. The molecule has 0 radical (unpaired) electrons. The average Bonchev–Trinajstić information content (AvgIpc) is 2.88. The fourth-order valence-electron chi connectivity index (χ4n) is 4.65. The van der Waals surface area contributed by atoms with Crippen LogP contribution in [0, 0.1) is 0 Å². The number of hydrogen-bond donors (Lipinski definition) is 0. The molecule has 104 valence electrons. The lowest BCUT2D eigenvalue weighted by molar-refractivity contribution is 0.644. The molecule has 3 aliphatic heterocycles. The third-order valence-corrected chi connectivity index (χ3v) is 15.2. The molecule has 0 nitrogen and oxygen atoms in total. The fourth-order valence-corrected chi connectivity index (χ4v) is 16.7. The maximum Gasteiger partial charge on any atom is 0.00107 e. The summed E-state index contributed by atoms with van der Waals surface area (Å²) >= 11 is 0. The summed E-state index contributed by atoms with van der Waals surface area (Å²) < 4.78 is 0. The topological polar surface area (TPSA) is 0 Å². The van der Waals surface area contributed by atoms with Crippen molar-refractivity contribution >= 4 is 15.8 Å². The normalized spacial score (nSPS) is 45.7. The monoisotopic (exact) mass is 284 g/mol. The standard InChI is InChI=1S/C16H30P2/c1-3-5-7-13-9-11-15-17(13)16-12-10-14(18(15)16)8-6-4-2/h13-16H,3-12H2,1-2H3. The second-order valence-corrected chi connectivity index (χ2v) is 13.2. The smallest absolute Gasteiger partial charge is 0.00107 e. The molecule has 0 N–H and O–H groups in total. The third kappa shape index (κ3) is 2.31. The molecule has 3 heterocycles. The molecular weight excluding hydrogens is 254 g/mol. The maximum atomic E-state index is 2.36. The zero-order valence-electron chi connectivity index (χ0n) is 12.3. The molecule has 0 aliphatic carbocycles. The fraction of sp³-hybridized carbons (Fsp3) is 1.00. The first-order valence-electron chi connectivity index (χ1n) is 8.41. The van der Waals surface area contributed by atoms with Gasteiger partial charge in [0.25, 0.3) is 0 Å². The minimum absolute atomic E-state index is 0.526. The highest BCUT2D eigenvalue weighted by Gasteiger charge is 2.59. The van der Waals surface area contributed by atoms with E-state index in [0.717, 1.165) is 0 Å². The van der Waals surface area contributed by atoms with Crippen LogP contribution in [0.2, 0.25) is 0 Å². The van der Waals surface area contributed by atoms with Gasteiger partial charge < -0.3 is 0 Å². The van der Waals surface area contributed by atoms with Crippen LogP contribution in [0.5, 0.6) is 0 Å². The Kier molecular flexibility index (Phi) is 4.68. The molecule has 2 atom stereocenters. The predicted molar refractivity (Wildman–Crippen MR) is 86.5 cm³/mol. The molecule has 3 fully saturated rings. The highest BCUT2D eigenvalue weighted by Crippen LogP contribution is 2.91. The van der Waals surface area contributed by atoms with Crippen LogP contribution in [0.4, 0.5) is 0 Å². The molecule has 0 amide bonds. The number of fused-ring (bicyclic) bond motifs is 4. The molecule has 18 heavy (non-hydrogen) atoms. The van der Waals surface area contributed by atoms with Gasteiger partial charge in [-0.1, -0.05) is 55.4 Å². The lowest BCUT2D eigenvalue weighted by atomic mass is 10.1. The van der Waals surface area contributed by atoms with Crippen molar-refractivity contribution in [2.75, 3.05) is 0 Å². The first kappa shape index (κ1) is 13.8. The Morgan fingerprint density at radius 3 is 1.56 bits per heavy atom. The number of hydrogen-bond acceptors (Lipinski definition) is 0. The first-order chi connectivity index (χ1) is 8.86. The molecule has 3 saturated heterocycles. The lowest BCUT2D eigenvalue weighted by Crippen LogP contribution is -2.26. The van der Waals surface area contributed by atoms with Gasteiger partial charge in [-0.05, 0) is 49.8 Å². The van der Waals surface area contributed by atoms with E-state index in [-0.39, 0.29) is 0 Å². The van der Waals surface area contributed by atoms with Crippen LogP contribution in [0.1, 0.15) is 78.1 Å². The third-order valence-electron chi connectivity index (χ3n) is 5.52. The van der Waals surface area contributed by atoms with E-state index in [1.807, 2.05) is 0 Å². The van der Waals surface area contributed by atoms with Gasteiger partial charge in [-0.25, -0.2) is 0 Å². The van der Waals surface area contributed by atoms with Gasteiger partial charge >= 0.3 is 0 Å². The largest absolute Gasteiger partial charge is 0.0883 e. The van der Waals surface area contributed by atoms with E-state index in [4.69, 9.17) is 0 Å². The van der Waals surface area contributed by atoms with Crippen molar-refractivity contribution < 1.29 is 0 Å². The van der Waals surface area contributed by atoms with Gasteiger partial charge in [0.1, 0.15) is 0 Å². The highest BCUT2D eigenvalue weighted by molar-refractivity contribution is 7.93. The SMILES string of the molecule is CCCCC1CCC2P1C1CCC(CCCC)P21. The minimum Gasteiger partial charge on any atom is -0.0883 e. The Labute approximate surface area is 116 Å². The summed E-state index contributed by atoms with van der Waals surface area (Å²) in [5.41, 5.74) is 2.44. The lowest BCUT2D eigenvalue weighted by Gasteiger charge is -2.51. The van der Waals surface area contributed by atoms with Crippen LogP contribution in [0.25, 0.3) is 0 Å². The van der Waals surface area contributed by atoms with E-state index in [9.17, 15) is 0 Å². The van der Waals surface area contributed by atoms with Gasteiger partial charge in [-0.15, -0.1) is 0 Å². The zero-order valence-corrected chi connectivity index (χ0v) is 14.1. The molecule has 0 bridgehead atoms. The van der Waals surface area contributed by atoms with Gasteiger partial charge in [-0.3, -0.25) is 0 Å². The molecule has 3 rings (SSSR count). The van der Waals surface area contributed by atoms with Crippen molar-refractivity contribution in [3.63, 3.8) is 0 Å². The zero-order chi connectivity index (χ0) is 12.5. The number of unbranched alkanes of at least 4 members (excludes halogenated alkanes) is 2. The summed E-state index contributed by atoms with van der Waals surface area (Å²) in [6.07, 6.45) is 15.6. The molecule has 2 unspecified atom stereocenters. The van der Waals surface area contributed by atoms with E-state index < -0.39 is 0 Å². The van der Waals surface area contributed by atoms with Crippen molar-refractivity contribution in [1.82, 2.24) is 0 Å². The van der Waals surface area contributed by atoms with Crippen LogP contribution in [0.3, 0.4) is 0 Å². The van der Waals surface area contributed by atoms with E-state index in [1.54, 1.807) is 38.5 Å². The Balaban J connectivity index is 1.56. The van der Waals surface area contributed by atoms with Gasteiger partial charge in [-0.2, -0.15) is 0 Å². The molecule has 0 aromatic heterocycles. The van der Waals surface area contributed by atoms with E-state index >= 15 is 0 Å². The van der Waals surface area contributed by atoms with E-state index in [1.165, 1.54) is 47.8 Å². The van der Waals surface area contributed by atoms with E-state index in [2.05, 4.69) is 13.8 Å². The van der Waals surface area contributed by atoms with Crippen molar-refractivity contribution in [3.8, 4) is 0 Å². The average molecular weight is 284 g/mol. The van der Waals surface area contributed by atoms with Crippen molar-refractivity contribution in [2.45, 2.75) is 100 Å². The summed E-state index contributed by atoms with van der Waals surface area (Å²) in [7, 11) is 1.05. The summed E-state index contributed by atoms with van der Waals surface area (Å²) in [5.74, 6) is 0. The van der Waals surface area contributed by atoms with Crippen LogP contribution < -0.4 is 0 Å². The van der Waals surface area contributed by atoms with Gasteiger partial charge in [0.15, 0.2) is 0 Å². The molecule has 0 aromatic carbocycles. The van der Waals surface area contributed by atoms with Crippen LogP contribution in [0.15, 0.2) is 0 Å². The minimum atomic E-state index is 0.526. The van der Waals surface area contributed by atoms with Gasteiger partial charge in [0.05, 0.1) is 0 Å². The molecule has 0 spiro atoms. The molecular formula is C16H30P2. The Morgan fingerprint density at radius 2 is 1.17 bits per heavy atom. The van der Waals surface area contributed by atoms with Crippen molar-refractivity contribution in [1.29, 1.82) is 0 Å². The van der Waals surface area contributed by atoms with Crippen LogP contribution in [-0.2, 0) is 0 Å². The highest BCUT2D eigenvalue weighted by atomic mass is 31.2. The van der Waals surface area contributed by atoms with Crippen LogP contribution in [-0.4, -0.2) is 22.1 Å². The Hall–Kier alpha value is 0.860. The summed E-state index contributed by atoms with van der Waals surface area (Å²) in [6, 6.07) is 0. The molecule has 0 aromatic rings. The molecule has 0 saturated carbocycles. The van der Waals surface area contributed by atoms with E-state index in [0.29, 0.717) is 15.8 Å². The maximum absolute atomic E-state index is 2.36. The van der Waals surface area contributed by atoms with Crippen molar-refractivity contribution in [3.05, 3.63) is 0 Å². The van der Waals surface area contributed by atoms with Gasteiger partial charge in [0.2, 0.25) is 0 Å². The summed E-state index contributed by atoms with van der Waals surface area (Å²) in [5, 5.41) is 2.62. The second kappa shape index (κ2) is 6.10. The molecule has 3 aliphatic rings. The Morgan fingerprint density at radius 1 is 0.722 bits per heavy atom. The van der Waals surface area contributed by atoms with Gasteiger partial charge in [0, 0.05) is 10.8 Å². The summed E-state index contributed by atoms with van der Waals surface area (Å²) in [6.45, 7) is 4.73. The number of rotatable bonds is 6.